The molecule has 0 fully saturated rings. The van der Waals surface area contributed by atoms with Gasteiger partial charge in [-0.1, -0.05) is 45.0 Å². The van der Waals surface area contributed by atoms with Crippen LogP contribution in [0.15, 0.2) is 47.0 Å². The lowest BCUT2D eigenvalue weighted by molar-refractivity contribution is -0.119. The maximum Gasteiger partial charge on any atom is 0.343 e. The fraction of sp³-hybridized carbons (Fsp3) is 0.346. The lowest BCUT2D eigenvalue weighted by Crippen LogP contribution is -2.34. The number of carbonyl (C=O) groups is 2. The zero-order valence-electron chi connectivity index (χ0n) is 20.9. The molecular weight excluding hydrogens is 478 g/mol. The van der Waals surface area contributed by atoms with Crippen LogP contribution >= 0.6 is 11.3 Å². The first kappa shape index (κ1) is 25.3. The van der Waals surface area contributed by atoms with E-state index in [1.807, 2.05) is 24.4 Å². The van der Waals surface area contributed by atoms with Crippen molar-refractivity contribution in [3.63, 3.8) is 0 Å². The number of aryl methyl sites for hydroxylation is 1. The minimum absolute atomic E-state index is 0.147. The van der Waals surface area contributed by atoms with Crippen molar-refractivity contribution < 1.29 is 14.3 Å². The normalized spacial score (nSPS) is 12.2. The Morgan fingerprint density at radius 3 is 2.53 bits per heavy atom. The second-order valence-electron chi connectivity index (χ2n) is 8.73. The zero-order valence-corrected chi connectivity index (χ0v) is 21.8. The third-order valence-electron chi connectivity index (χ3n) is 6.11. The van der Waals surface area contributed by atoms with Gasteiger partial charge in [-0.25, -0.2) is 9.78 Å². The van der Waals surface area contributed by atoms with Crippen molar-refractivity contribution in [1.82, 2.24) is 19.3 Å². The molecule has 1 N–H and O–H groups in total. The first-order valence-electron chi connectivity index (χ1n) is 11.8. The molecule has 36 heavy (non-hydrogen) atoms. The Labute approximate surface area is 212 Å². The predicted molar refractivity (Wildman–Crippen MR) is 141 cm³/mol. The molecular formula is C26H29N5O4S. The van der Waals surface area contributed by atoms with Crippen LogP contribution in [-0.2, 0) is 16.6 Å². The maximum absolute atomic E-state index is 13.7. The fourth-order valence-corrected chi connectivity index (χ4v) is 4.99. The highest BCUT2D eigenvalue weighted by Gasteiger charge is 2.26. The van der Waals surface area contributed by atoms with E-state index in [0.717, 1.165) is 11.1 Å². The van der Waals surface area contributed by atoms with Crippen molar-refractivity contribution in [3.8, 4) is 11.1 Å². The largest absolute Gasteiger partial charge is 0.462 e. The van der Waals surface area contributed by atoms with E-state index in [1.54, 1.807) is 14.0 Å². The smallest absolute Gasteiger partial charge is 0.343 e. The molecule has 9 nitrogen and oxygen atoms in total. The van der Waals surface area contributed by atoms with Crippen LogP contribution in [0.25, 0.3) is 21.3 Å². The van der Waals surface area contributed by atoms with Gasteiger partial charge in [0, 0.05) is 18.0 Å². The molecule has 3 heterocycles. The number of thiophene rings is 1. The highest BCUT2D eigenvalue weighted by molar-refractivity contribution is 7.17. The van der Waals surface area contributed by atoms with Gasteiger partial charge >= 0.3 is 5.97 Å². The summed E-state index contributed by atoms with van der Waals surface area (Å²) in [5.74, 6) is -0.418. The molecule has 188 valence electrons. The number of carbonyl (C=O) groups excluding carboxylic acids is 2. The molecule has 4 aromatic rings. The standard InChI is InChI=1S/C26H29N5O4S/c1-6-20(23(32)29-22-18(12-28-30(22)5)26(34)35-7-2)31-14-27-24-21(25(31)33)19(13-36-24)17-10-8-16(9-11-17)15(3)4/h8-15,20H,6-7H2,1-5H3,(H,29,32). The van der Waals surface area contributed by atoms with Crippen molar-refractivity contribution in [1.29, 1.82) is 0 Å². The fourth-order valence-electron chi connectivity index (χ4n) is 4.08. The number of rotatable bonds is 8. The SMILES string of the molecule is CCOC(=O)c1cnn(C)c1NC(=O)C(CC)n1cnc2scc(-c3ccc(C(C)C)cc3)c2c1=O. The maximum atomic E-state index is 13.7. The van der Waals surface area contributed by atoms with Crippen LogP contribution in [0.3, 0.4) is 0 Å². The number of nitrogens with zero attached hydrogens (tertiary/aromatic N) is 4. The van der Waals surface area contributed by atoms with Crippen LogP contribution in [-0.4, -0.2) is 37.8 Å². The van der Waals surface area contributed by atoms with Gasteiger partial charge in [-0.3, -0.25) is 18.8 Å². The molecule has 1 amide bonds. The Morgan fingerprint density at radius 1 is 1.17 bits per heavy atom. The van der Waals surface area contributed by atoms with Gasteiger partial charge in [-0.05, 0) is 30.4 Å². The van der Waals surface area contributed by atoms with Crippen molar-refractivity contribution in [2.45, 2.75) is 46.1 Å². The summed E-state index contributed by atoms with van der Waals surface area (Å²) in [6.45, 7) is 7.98. The molecule has 3 aromatic heterocycles. The van der Waals surface area contributed by atoms with E-state index in [9.17, 15) is 14.4 Å². The Kier molecular flexibility index (Phi) is 7.35. The van der Waals surface area contributed by atoms with Crippen molar-refractivity contribution in [2.75, 3.05) is 11.9 Å². The lowest BCUT2D eigenvalue weighted by Gasteiger charge is -2.18. The van der Waals surface area contributed by atoms with Gasteiger partial charge in [-0.2, -0.15) is 5.10 Å². The second-order valence-corrected chi connectivity index (χ2v) is 9.59. The molecule has 4 rings (SSSR count). The van der Waals surface area contributed by atoms with Crippen LogP contribution in [0.5, 0.6) is 0 Å². The molecule has 1 unspecified atom stereocenters. The Hall–Kier alpha value is -3.79. The summed E-state index contributed by atoms with van der Waals surface area (Å²) in [6, 6.07) is 7.31. The van der Waals surface area contributed by atoms with E-state index in [1.165, 1.54) is 38.7 Å². The lowest BCUT2D eigenvalue weighted by atomic mass is 9.99. The number of hydrogen-bond donors (Lipinski definition) is 1. The summed E-state index contributed by atoms with van der Waals surface area (Å²) in [5.41, 5.74) is 2.79. The number of aromatic nitrogens is 4. The summed E-state index contributed by atoms with van der Waals surface area (Å²) in [4.78, 5) is 44.3. The van der Waals surface area contributed by atoms with Gasteiger partial charge in [-0.15, -0.1) is 11.3 Å². The summed E-state index contributed by atoms with van der Waals surface area (Å²) in [5, 5.41) is 9.23. The van der Waals surface area contributed by atoms with Crippen LogP contribution in [0, 0.1) is 0 Å². The number of nitrogens with one attached hydrogen (secondary N) is 1. The van der Waals surface area contributed by atoms with Crippen LogP contribution in [0.4, 0.5) is 5.82 Å². The molecule has 0 saturated carbocycles. The molecule has 0 aliphatic carbocycles. The van der Waals surface area contributed by atoms with E-state index >= 15 is 0 Å². The Morgan fingerprint density at radius 2 is 1.89 bits per heavy atom. The predicted octanol–water partition coefficient (Wildman–Crippen LogP) is 4.75. The molecule has 0 radical (unpaired) electrons. The summed E-state index contributed by atoms with van der Waals surface area (Å²) < 4.78 is 7.81. The van der Waals surface area contributed by atoms with E-state index in [-0.39, 0.29) is 23.5 Å². The monoisotopic (exact) mass is 507 g/mol. The minimum atomic E-state index is -0.838. The number of fused-ring (bicyclic) bond motifs is 1. The first-order chi connectivity index (χ1) is 17.3. The van der Waals surface area contributed by atoms with Gasteiger partial charge in [0.25, 0.3) is 5.56 Å². The summed E-state index contributed by atoms with van der Waals surface area (Å²) in [7, 11) is 1.61. The van der Waals surface area contributed by atoms with Crippen LogP contribution in [0.2, 0.25) is 0 Å². The molecule has 1 aromatic carbocycles. The highest BCUT2D eigenvalue weighted by atomic mass is 32.1. The van der Waals surface area contributed by atoms with Crippen molar-refractivity contribution in [2.24, 2.45) is 7.05 Å². The molecule has 0 aliphatic rings. The minimum Gasteiger partial charge on any atom is -0.462 e. The number of hydrogen-bond acceptors (Lipinski definition) is 7. The van der Waals surface area contributed by atoms with E-state index < -0.39 is 17.9 Å². The van der Waals surface area contributed by atoms with E-state index in [4.69, 9.17) is 4.74 Å². The highest BCUT2D eigenvalue weighted by Crippen LogP contribution is 2.32. The molecule has 1 atom stereocenters. The third-order valence-corrected chi connectivity index (χ3v) is 6.99. The molecule has 0 saturated heterocycles. The number of esters is 1. The van der Waals surface area contributed by atoms with Crippen molar-refractivity contribution in [3.05, 3.63) is 63.7 Å². The van der Waals surface area contributed by atoms with Gasteiger partial charge in [0.15, 0.2) is 0 Å². The molecule has 0 bridgehead atoms. The average molecular weight is 508 g/mol. The molecule has 10 heteroatoms. The van der Waals surface area contributed by atoms with Gasteiger partial charge < -0.3 is 10.1 Å². The zero-order chi connectivity index (χ0) is 26.0. The Balaban J connectivity index is 1.70. The number of ether oxygens (including phenoxy) is 1. The summed E-state index contributed by atoms with van der Waals surface area (Å²) in [6.07, 6.45) is 3.10. The summed E-state index contributed by atoms with van der Waals surface area (Å²) >= 11 is 1.40. The van der Waals surface area contributed by atoms with E-state index in [2.05, 4.69) is 41.4 Å². The molecule has 0 spiro atoms. The van der Waals surface area contributed by atoms with E-state index in [0.29, 0.717) is 22.6 Å². The first-order valence-corrected chi connectivity index (χ1v) is 12.7. The third kappa shape index (κ3) is 4.68. The second kappa shape index (κ2) is 10.4. The van der Waals surface area contributed by atoms with Crippen LogP contribution < -0.4 is 10.9 Å². The topological polar surface area (TPSA) is 108 Å². The average Bonchev–Trinajstić information content (AvgIpc) is 3.45. The van der Waals surface area contributed by atoms with Gasteiger partial charge in [0.1, 0.15) is 22.3 Å². The number of benzene rings is 1. The number of anilines is 1. The number of amides is 1. The van der Waals surface area contributed by atoms with Crippen LogP contribution in [0.1, 0.15) is 62.0 Å². The molecule has 0 aliphatic heterocycles. The van der Waals surface area contributed by atoms with Gasteiger partial charge in [0.05, 0.1) is 24.5 Å². The quantitative estimate of drug-likeness (QED) is 0.345. The Bertz CT molecular complexity index is 1470. The van der Waals surface area contributed by atoms with Crippen molar-refractivity contribution >= 4 is 39.2 Å². The van der Waals surface area contributed by atoms with Gasteiger partial charge in [0.2, 0.25) is 5.91 Å².